The van der Waals surface area contributed by atoms with Gasteiger partial charge in [0.2, 0.25) is 5.79 Å². The fourth-order valence-electron chi connectivity index (χ4n) is 3.06. The van der Waals surface area contributed by atoms with Gasteiger partial charge >= 0.3 is 5.97 Å². The number of ether oxygens (including phenoxy) is 4. The van der Waals surface area contributed by atoms with E-state index in [1.54, 1.807) is 6.92 Å². The van der Waals surface area contributed by atoms with Crippen molar-refractivity contribution in [1.29, 1.82) is 0 Å². The third-order valence-electron chi connectivity index (χ3n) is 4.02. The third kappa shape index (κ3) is 1.76. The van der Waals surface area contributed by atoms with Gasteiger partial charge in [-0.25, -0.2) is 4.79 Å². The molecule has 3 fully saturated rings. The zero-order valence-corrected chi connectivity index (χ0v) is 10.8. The molecule has 0 aliphatic carbocycles. The van der Waals surface area contributed by atoms with Crippen LogP contribution in [0.3, 0.4) is 0 Å². The highest BCUT2D eigenvalue weighted by Gasteiger charge is 2.63. The molecule has 0 radical (unpaired) electrons. The first-order valence-corrected chi connectivity index (χ1v) is 6.86. The number of hydrogen-bond acceptors (Lipinski definition) is 5. The number of carbonyl (C=O) groups is 1. The molecule has 102 valence electrons. The van der Waals surface area contributed by atoms with Gasteiger partial charge in [-0.3, -0.25) is 0 Å². The van der Waals surface area contributed by atoms with Crippen LogP contribution in [0.1, 0.15) is 45.4 Å². The zero-order valence-electron chi connectivity index (χ0n) is 10.8. The second-order valence-electron chi connectivity index (χ2n) is 5.30. The van der Waals surface area contributed by atoms with E-state index in [4.69, 9.17) is 18.9 Å². The van der Waals surface area contributed by atoms with Gasteiger partial charge in [-0.05, 0) is 32.6 Å². The molecular weight excluding hydrogens is 236 g/mol. The molecule has 0 aromatic rings. The van der Waals surface area contributed by atoms with E-state index in [0.717, 1.165) is 32.1 Å². The Labute approximate surface area is 107 Å². The van der Waals surface area contributed by atoms with Crippen LogP contribution < -0.4 is 0 Å². The monoisotopic (exact) mass is 256 g/mol. The quantitative estimate of drug-likeness (QED) is 0.618. The fourth-order valence-corrected chi connectivity index (χ4v) is 3.06. The SMILES string of the molecule is C[C@@H]1O[C@]2(CCCCO2)[C@@]2(CCCCO2)OC1=O. The Morgan fingerprint density at radius 3 is 2.17 bits per heavy atom. The van der Waals surface area contributed by atoms with E-state index in [1.807, 2.05) is 0 Å². The van der Waals surface area contributed by atoms with Crippen molar-refractivity contribution in [2.45, 2.75) is 63.1 Å². The van der Waals surface area contributed by atoms with Crippen molar-refractivity contribution in [3.8, 4) is 0 Å². The molecule has 3 aliphatic rings. The van der Waals surface area contributed by atoms with Crippen LogP contribution in [0.4, 0.5) is 0 Å². The molecule has 0 aromatic heterocycles. The van der Waals surface area contributed by atoms with Crippen molar-refractivity contribution >= 4 is 5.97 Å². The normalized spacial score (nSPS) is 45.2. The number of fused-ring (bicyclic) bond motifs is 1. The molecule has 0 amide bonds. The third-order valence-corrected chi connectivity index (χ3v) is 4.02. The van der Waals surface area contributed by atoms with Crippen LogP contribution in [0.25, 0.3) is 0 Å². The second-order valence-corrected chi connectivity index (χ2v) is 5.30. The van der Waals surface area contributed by atoms with E-state index in [1.165, 1.54) is 0 Å². The zero-order chi connectivity index (χ0) is 12.6. The number of rotatable bonds is 0. The average Bonchev–Trinajstić information content (AvgIpc) is 2.39. The lowest BCUT2D eigenvalue weighted by atomic mass is 9.89. The summed E-state index contributed by atoms with van der Waals surface area (Å²) in [5.74, 6) is -2.26. The predicted molar refractivity (Wildman–Crippen MR) is 61.7 cm³/mol. The van der Waals surface area contributed by atoms with Gasteiger partial charge in [-0.15, -0.1) is 0 Å². The van der Waals surface area contributed by atoms with Crippen LogP contribution in [0.5, 0.6) is 0 Å². The summed E-state index contributed by atoms with van der Waals surface area (Å²) in [6.45, 7) is 2.93. The first kappa shape index (κ1) is 12.4. The maximum absolute atomic E-state index is 11.8. The standard InChI is InChI=1S/C13H20O5/c1-10-11(14)18-13(7-3-5-9-16-13)12(17-10)6-2-4-8-15-12/h10H,2-9H2,1H3/t10-,12+,13+/m0/s1. The maximum Gasteiger partial charge on any atom is 0.337 e. The first-order chi connectivity index (χ1) is 8.68. The maximum atomic E-state index is 11.8. The van der Waals surface area contributed by atoms with Gasteiger partial charge in [-0.2, -0.15) is 0 Å². The molecule has 3 atom stereocenters. The number of hydrogen-bond donors (Lipinski definition) is 0. The van der Waals surface area contributed by atoms with Crippen molar-refractivity contribution in [3.05, 3.63) is 0 Å². The molecule has 3 saturated heterocycles. The van der Waals surface area contributed by atoms with Gasteiger partial charge in [0.25, 0.3) is 5.79 Å². The van der Waals surface area contributed by atoms with Crippen LogP contribution in [0.2, 0.25) is 0 Å². The second kappa shape index (κ2) is 4.47. The molecule has 3 aliphatic heterocycles. The largest absolute Gasteiger partial charge is 0.425 e. The lowest BCUT2D eigenvalue weighted by molar-refractivity contribution is -0.441. The van der Waals surface area contributed by atoms with Crippen LogP contribution in [-0.4, -0.2) is 36.9 Å². The summed E-state index contributed by atoms with van der Waals surface area (Å²) in [6.07, 6.45) is 4.79. The molecule has 2 spiro atoms. The summed E-state index contributed by atoms with van der Waals surface area (Å²) >= 11 is 0. The van der Waals surface area contributed by atoms with Gasteiger partial charge in [0.1, 0.15) is 0 Å². The van der Waals surface area contributed by atoms with Crippen molar-refractivity contribution < 1.29 is 23.7 Å². The van der Waals surface area contributed by atoms with Gasteiger partial charge in [0, 0.05) is 12.8 Å². The van der Waals surface area contributed by atoms with E-state index >= 15 is 0 Å². The number of carbonyl (C=O) groups excluding carboxylic acids is 1. The van der Waals surface area contributed by atoms with Crippen molar-refractivity contribution in [3.63, 3.8) is 0 Å². The Morgan fingerprint density at radius 2 is 1.61 bits per heavy atom. The molecular formula is C13H20O5. The Hall–Kier alpha value is -0.650. The molecule has 3 heterocycles. The van der Waals surface area contributed by atoms with Crippen LogP contribution in [0, 0.1) is 0 Å². The Morgan fingerprint density at radius 1 is 1.00 bits per heavy atom. The minimum Gasteiger partial charge on any atom is -0.425 e. The molecule has 5 heteroatoms. The summed E-state index contributed by atoms with van der Waals surface area (Å²) in [5, 5.41) is 0. The summed E-state index contributed by atoms with van der Waals surface area (Å²) in [7, 11) is 0. The molecule has 0 unspecified atom stereocenters. The van der Waals surface area contributed by atoms with E-state index < -0.39 is 17.7 Å². The lowest BCUT2D eigenvalue weighted by Gasteiger charge is -2.54. The topological polar surface area (TPSA) is 54.0 Å². The average molecular weight is 256 g/mol. The summed E-state index contributed by atoms with van der Waals surface area (Å²) in [4.78, 5) is 11.8. The van der Waals surface area contributed by atoms with Crippen LogP contribution in [0.15, 0.2) is 0 Å². The molecule has 18 heavy (non-hydrogen) atoms. The summed E-state index contributed by atoms with van der Waals surface area (Å²) in [5.41, 5.74) is 0. The van der Waals surface area contributed by atoms with Gasteiger partial charge in [0.15, 0.2) is 6.10 Å². The van der Waals surface area contributed by atoms with Gasteiger partial charge in [0.05, 0.1) is 13.2 Å². The minimum absolute atomic E-state index is 0.350. The predicted octanol–water partition coefficient (Wildman–Crippen LogP) is 1.74. The van der Waals surface area contributed by atoms with Crippen molar-refractivity contribution in [1.82, 2.24) is 0 Å². The lowest BCUT2D eigenvalue weighted by Crippen LogP contribution is -2.68. The van der Waals surface area contributed by atoms with Crippen LogP contribution in [-0.2, 0) is 23.7 Å². The summed E-state index contributed by atoms with van der Waals surface area (Å²) in [6, 6.07) is 0. The van der Waals surface area contributed by atoms with E-state index in [0.29, 0.717) is 19.6 Å². The highest BCUT2D eigenvalue weighted by Crippen LogP contribution is 2.47. The van der Waals surface area contributed by atoms with Gasteiger partial charge < -0.3 is 18.9 Å². The number of esters is 1. The Balaban J connectivity index is 1.93. The van der Waals surface area contributed by atoms with E-state index in [9.17, 15) is 4.79 Å². The molecule has 0 saturated carbocycles. The molecule has 5 nitrogen and oxygen atoms in total. The molecule has 0 aromatic carbocycles. The van der Waals surface area contributed by atoms with Crippen molar-refractivity contribution in [2.75, 3.05) is 13.2 Å². The minimum atomic E-state index is -1.02. The van der Waals surface area contributed by atoms with E-state index in [2.05, 4.69) is 0 Å². The smallest absolute Gasteiger partial charge is 0.337 e. The Bertz CT molecular complexity index is 328. The molecule has 3 rings (SSSR count). The van der Waals surface area contributed by atoms with Crippen LogP contribution >= 0.6 is 0 Å². The van der Waals surface area contributed by atoms with Gasteiger partial charge in [-0.1, -0.05) is 0 Å². The highest BCUT2D eigenvalue weighted by molar-refractivity contribution is 5.75. The molecule has 0 N–H and O–H groups in total. The van der Waals surface area contributed by atoms with E-state index in [-0.39, 0.29) is 5.97 Å². The first-order valence-electron chi connectivity index (χ1n) is 6.86. The highest BCUT2D eigenvalue weighted by atomic mass is 16.8. The fraction of sp³-hybridized carbons (Fsp3) is 0.923. The summed E-state index contributed by atoms with van der Waals surface area (Å²) < 4.78 is 23.2. The Kier molecular flexibility index (Phi) is 3.08. The van der Waals surface area contributed by atoms with Crippen molar-refractivity contribution in [2.24, 2.45) is 0 Å². The molecule has 0 bridgehead atoms.